The molecule has 3 nitrogen and oxygen atoms in total. The van der Waals surface area contributed by atoms with E-state index >= 15 is 0 Å². The first-order valence-corrected chi connectivity index (χ1v) is 6.19. The van der Waals surface area contributed by atoms with Gasteiger partial charge in [0.15, 0.2) is 0 Å². The van der Waals surface area contributed by atoms with Crippen molar-refractivity contribution < 1.29 is 0 Å². The molecule has 2 aromatic carbocycles. The molecule has 0 spiro atoms. The van der Waals surface area contributed by atoms with Gasteiger partial charge in [0.2, 0.25) is 0 Å². The van der Waals surface area contributed by atoms with Crippen molar-refractivity contribution in [2.24, 2.45) is 7.05 Å². The highest BCUT2D eigenvalue weighted by Crippen LogP contribution is 2.25. The van der Waals surface area contributed by atoms with E-state index in [0.29, 0.717) is 0 Å². The first-order valence-electron chi connectivity index (χ1n) is 6.19. The largest absolute Gasteiger partial charge is 0.348 e. The Kier molecular flexibility index (Phi) is 2.67. The van der Waals surface area contributed by atoms with E-state index in [2.05, 4.69) is 4.98 Å². The van der Waals surface area contributed by atoms with Gasteiger partial charge in [-0.1, -0.05) is 42.5 Å². The second kappa shape index (κ2) is 4.35. The summed E-state index contributed by atoms with van der Waals surface area (Å²) >= 11 is 0. The minimum Gasteiger partial charge on any atom is -0.295 e. The van der Waals surface area contributed by atoms with Gasteiger partial charge in [0.25, 0.3) is 0 Å². The predicted molar refractivity (Wildman–Crippen MR) is 77.2 cm³/mol. The van der Waals surface area contributed by atoms with Crippen molar-refractivity contribution in [2.75, 3.05) is 0 Å². The summed E-state index contributed by atoms with van der Waals surface area (Å²) < 4.78 is 1.59. The highest BCUT2D eigenvalue weighted by molar-refractivity contribution is 5.92. The minimum atomic E-state index is -0.225. The Morgan fingerprint density at radius 3 is 2.53 bits per heavy atom. The third-order valence-electron chi connectivity index (χ3n) is 3.31. The molecule has 0 N–H and O–H groups in total. The lowest BCUT2D eigenvalue weighted by atomic mass is 10.1. The van der Waals surface area contributed by atoms with Gasteiger partial charge >= 0.3 is 5.69 Å². The number of benzene rings is 2. The highest BCUT2D eigenvalue weighted by atomic mass is 16.1. The maximum Gasteiger partial charge on any atom is 0.348 e. The summed E-state index contributed by atoms with van der Waals surface area (Å²) in [6.45, 7) is 2.02. The quantitative estimate of drug-likeness (QED) is 0.665. The Hall–Kier alpha value is -2.42. The van der Waals surface area contributed by atoms with Crippen molar-refractivity contribution in [3.05, 3.63) is 64.6 Å². The van der Waals surface area contributed by atoms with Crippen LogP contribution in [0.15, 0.2) is 53.3 Å². The van der Waals surface area contributed by atoms with Gasteiger partial charge in [-0.15, -0.1) is 0 Å². The van der Waals surface area contributed by atoms with Crippen LogP contribution < -0.4 is 5.69 Å². The lowest BCUT2D eigenvalue weighted by molar-refractivity contribution is 0.854. The first-order chi connectivity index (χ1) is 9.16. The van der Waals surface area contributed by atoms with Crippen LogP contribution in [0.5, 0.6) is 0 Å². The topological polar surface area (TPSA) is 34.9 Å². The molecule has 0 atom stereocenters. The van der Waals surface area contributed by atoms with Crippen molar-refractivity contribution in [1.29, 1.82) is 0 Å². The summed E-state index contributed by atoms with van der Waals surface area (Å²) in [6.07, 6.45) is 0. The van der Waals surface area contributed by atoms with Gasteiger partial charge in [0.05, 0.1) is 11.2 Å². The van der Waals surface area contributed by atoms with E-state index in [1.807, 2.05) is 55.5 Å². The number of hydrogen-bond donors (Lipinski definition) is 0. The van der Waals surface area contributed by atoms with Gasteiger partial charge in [0.1, 0.15) is 0 Å². The van der Waals surface area contributed by atoms with Crippen molar-refractivity contribution in [3.63, 3.8) is 0 Å². The minimum absolute atomic E-state index is 0.225. The Morgan fingerprint density at radius 1 is 1.05 bits per heavy atom. The third kappa shape index (κ3) is 1.93. The standard InChI is InChI=1S/C16H14N2O/c1-11-8-9-13-14(10-11)18(2)16(19)17-15(13)12-6-4-3-5-7-12/h3-10H,1-2H3. The number of aromatic nitrogens is 2. The van der Waals surface area contributed by atoms with Gasteiger partial charge in [-0.3, -0.25) is 4.57 Å². The summed E-state index contributed by atoms with van der Waals surface area (Å²) in [5.41, 5.74) is 3.54. The normalized spacial score (nSPS) is 10.8. The molecule has 0 unspecified atom stereocenters. The maximum absolute atomic E-state index is 12.0. The predicted octanol–water partition coefficient (Wildman–Crippen LogP) is 2.91. The first kappa shape index (κ1) is 11.7. The molecule has 0 radical (unpaired) electrons. The van der Waals surface area contributed by atoms with Crippen molar-refractivity contribution in [3.8, 4) is 11.3 Å². The molecule has 0 aliphatic rings. The zero-order chi connectivity index (χ0) is 13.4. The van der Waals surface area contributed by atoms with Crippen molar-refractivity contribution in [1.82, 2.24) is 9.55 Å². The van der Waals surface area contributed by atoms with E-state index in [0.717, 1.165) is 27.7 Å². The van der Waals surface area contributed by atoms with E-state index < -0.39 is 0 Å². The maximum atomic E-state index is 12.0. The number of hydrogen-bond acceptors (Lipinski definition) is 2. The highest BCUT2D eigenvalue weighted by Gasteiger charge is 2.09. The number of aryl methyl sites for hydroxylation is 2. The van der Waals surface area contributed by atoms with Gasteiger partial charge in [-0.25, -0.2) is 4.79 Å². The lowest BCUT2D eigenvalue weighted by Crippen LogP contribution is -2.21. The molecule has 0 bridgehead atoms. The van der Waals surface area contributed by atoms with E-state index in [1.54, 1.807) is 11.6 Å². The average Bonchev–Trinajstić information content (AvgIpc) is 2.44. The van der Waals surface area contributed by atoms with Crippen molar-refractivity contribution >= 4 is 10.9 Å². The van der Waals surface area contributed by atoms with E-state index in [9.17, 15) is 4.79 Å². The molecule has 1 heterocycles. The fourth-order valence-corrected chi connectivity index (χ4v) is 2.27. The molecule has 0 fully saturated rings. The summed E-state index contributed by atoms with van der Waals surface area (Å²) in [6, 6.07) is 15.9. The van der Waals surface area contributed by atoms with E-state index in [-0.39, 0.29) is 5.69 Å². The van der Waals surface area contributed by atoms with Gasteiger partial charge in [-0.2, -0.15) is 4.98 Å². The summed E-state index contributed by atoms with van der Waals surface area (Å²) in [7, 11) is 1.76. The van der Waals surface area contributed by atoms with Crippen LogP contribution >= 0.6 is 0 Å². The zero-order valence-electron chi connectivity index (χ0n) is 10.9. The molecule has 0 saturated heterocycles. The molecule has 0 amide bonds. The summed E-state index contributed by atoms with van der Waals surface area (Å²) in [5, 5.41) is 0.999. The number of rotatable bonds is 1. The third-order valence-corrected chi connectivity index (χ3v) is 3.31. The molecule has 3 aromatic rings. The van der Waals surface area contributed by atoms with Crippen LogP contribution in [0.1, 0.15) is 5.56 Å². The number of fused-ring (bicyclic) bond motifs is 1. The Labute approximate surface area is 111 Å². The Morgan fingerprint density at radius 2 is 1.79 bits per heavy atom. The lowest BCUT2D eigenvalue weighted by Gasteiger charge is -2.09. The molecule has 3 rings (SSSR count). The molecular weight excluding hydrogens is 236 g/mol. The van der Waals surface area contributed by atoms with Crippen LogP contribution in [-0.4, -0.2) is 9.55 Å². The van der Waals surface area contributed by atoms with Crippen molar-refractivity contribution in [2.45, 2.75) is 6.92 Å². The van der Waals surface area contributed by atoms with Crippen LogP contribution in [0, 0.1) is 6.92 Å². The molecule has 3 heteroatoms. The molecule has 94 valence electrons. The Balaban J connectivity index is 2.44. The van der Waals surface area contributed by atoms with Gasteiger partial charge in [0, 0.05) is 18.0 Å². The molecule has 0 aliphatic carbocycles. The van der Waals surface area contributed by atoms with Crippen LogP contribution in [0.2, 0.25) is 0 Å². The average molecular weight is 250 g/mol. The number of nitrogens with zero attached hydrogens (tertiary/aromatic N) is 2. The second-order valence-electron chi connectivity index (χ2n) is 4.69. The second-order valence-corrected chi connectivity index (χ2v) is 4.69. The zero-order valence-corrected chi connectivity index (χ0v) is 10.9. The van der Waals surface area contributed by atoms with Gasteiger partial charge in [-0.05, 0) is 18.6 Å². The summed E-state index contributed by atoms with van der Waals surface area (Å²) in [4.78, 5) is 16.2. The smallest absolute Gasteiger partial charge is 0.295 e. The fourth-order valence-electron chi connectivity index (χ4n) is 2.27. The molecule has 0 saturated carbocycles. The molecule has 0 aliphatic heterocycles. The monoisotopic (exact) mass is 250 g/mol. The van der Waals surface area contributed by atoms with Crippen LogP contribution in [0.4, 0.5) is 0 Å². The van der Waals surface area contributed by atoms with Crippen LogP contribution in [-0.2, 0) is 7.05 Å². The molecular formula is C16H14N2O. The fraction of sp³-hybridized carbons (Fsp3) is 0.125. The van der Waals surface area contributed by atoms with E-state index in [4.69, 9.17) is 0 Å². The van der Waals surface area contributed by atoms with E-state index in [1.165, 1.54) is 0 Å². The molecule has 1 aromatic heterocycles. The van der Waals surface area contributed by atoms with Gasteiger partial charge < -0.3 is 0 Å². The van der Waals surface area contributed by atoms with Crippen LogP contribution in [0.25, 0.3) is 22.2 Å². The summed E-state index contributed by atoms with van der Waals surface area (Å²) in [5.74, 6) is 0. The van der Waals surface area contributed by atoms with Crippen LogP contribution in [0.3, 0.4) is 0 Å². The SMILES string of the molecule is Cc1ccc2c(-c3ccccc3)nc(=O)n(C)c2c1. The molecule has 19 heavy (non-hydrogen) atoms. The Bertz CT molecular complexity index is 804.